The quantitative estimate of drug-likeness (QED) is 0.878. The first-order valence-corrected chi connectivity index (χ1v) is 6.50. The average Bonchev–Trinajstić information content (AvgIpc) is 2.46. The van der Waals surface area contributed by atoms with Crippen molar-refractivity contribution in [1.29, 1.82) is 0 Å². The number of carboxylic acids is 1. The Morgan fingerprint density at radius 3 is 2.85 bits per heavy atom. The molecular weight excluding hydrogens is 261 g/mol. The number of carbonyl (C=O) groups is 1. The number of hydrogen-bond donors (Lipinski definition) is 1. The monoisotopic (exact) mass is 277 g/mol. The molecule has 0 aliphatic carbocycles. The molecule has 2 rings (SSSR count). The zero-order valence-corrected chi connectivity index (χ0v) is 11.2. The smallest absolute Gasteiger partial charge is 0.354 e. The summed E-state index contributed by atoms with van der Waals surface area (Å²) < 4.78 is 18.4. The van der Waals surface area contributed by atoms with Crippen LogP contribution in [0.5, 0.6) is 5.75 Å². The molecule has 2 aromatic rings. The molecule has 1 heterocycles. The summed E-state index contributed by atoms with van der Waals surface area (Å²) in [4.78, 5) is 14.9. The number of benzene rings is 1. The van der Waals surface area contributed by atoms with Gasteiger partial charge in [0.05, 0.1) is 5.52 Å². The van der Waals surface area contributed by atoms with Gasteiger partial charge in [-0.1, -0.05) is 19.4 Å². The maximum Gasteiger partial charge on any atom is 0.354 e. The number of fused-ring (bicyclic) bond motifs is 1. The van der Waals surface area contributed by atoms with E-state index in [0.717, 1.165) is 11.8 Å². The summed E-state index contributed by atoms with van der Waals surface area (Å²) in [5.41, 5.74) is 0.573. The van der Waals surface area contributed by atoms with E-state index in [1.54, 1.807) is 24.3 Å². The Kier molecular flexibility index (Phi) is 4.50. The van der Waals surface area contributed by atoms with Crippen LogP contribution in [0.3, 0.4) is 0 Å². The highest BCUT2D eigenvalue weighted by molar-refractivity contribution is 5.90. The van der Waals surface area contributed by atoms with Gasteiger partial charge in [0.1, 0.15) is 24.2 Å². The molecular formula is C15H16FNO3. The number of aromatic nitrogens is 1. The molecule has 0 saturated carbocycles. The van der Waals surface area contributed by atoms with E-state index in [1.165, 1.54) is 6.07 Å². The third-order valence-electron chi connectivity index (χ3n) is 2.97. The fraction of sp³-hybridized carbons (Fsp3) is 0.333. The van der Waals surface area contributed by atoms with E-state index in [2.05, 4.69) is 4.98 Å². The van der Waals surface area contributed by atoms with Crippen LogP contribution in [-0.4, -0.2) is 28.8 Å². The predicted molar refractivity (Wildman–Crippen MR) is 74.0 cm³/mol. The van der Waals surface area contributed by atoms with E-state index < -0.39 is 18.7 Å². The highest BCUT2D eigenvalue weighted by Gasteiger charge is 2.10. The van der Waals surface area contributed by atoms with Crippen LogP contribution in [0.4, 0.5) is 4.39 Å². The molecule has 0 radical (unpaired) electrons. The SMILES string of the molecule is CCCC(CF)Oc1ccc2nc(C(=O)O)ccc2c1. The molecule has 0 bridgehead atoms. The Bertz CT molecular complexity index is 615. The van der Waals surface area contributed by atoms with Crippen LogP contribution in [0.2, 0.25) is 0 Å². The minimum absolute atomic E-state index is 0.00112. The van der Waals surface area contributed by atoms with Crippen molar-refractivity contribution >= 4 is 16.9 Å². The number of carboxylic acid groups (broad SMARTS) is 1. The van der Waals surface area contributed by atoms with Gasteiger partial charge in [0.15, 0.2) is 0 Å². The van der Waals surface area contributed by atoms with Gasteiger partial charge in [-0.3, -0.25) is 0 Å². The van der Waals surface area contributed by atoms with Crippen LogP contribution < -0.4 is 4.74 Å². The van der Waals surface area contributed by atoms with Crippen molar-refractivity contribution in [2.45, 2.75) is 25.9 Å². The van der Waals surface area contributed by atoms with Crippen LogP contribution in [0.1, 0.15) is 30.3 Å². The van der Waals surface area contributed by atoms with E-state index in [-0.39, 0.29) is 5.69 Å². The lowest BCUT2D eigenvalue weighted by Crippen LogP contribution is -2.18. The van der Waals surface area contributed by atoms with Crippen molar-refractivity contribution in [2.75, 3.05) is 6.67 Å². The Hall–Kier alpha value is -2.17. The van der Waals surface area contributed by atoms with Crippen LogP contribution in [-0.2, 0) is 0 Å². The maximum absolute atomic E-state index is 12.8. The second-order valence-corrected chi connectivity index (χ2v) is 4.54. The largest absolute Gasteiger partial charge is 0.488 e. The summed E-state index contributed by atoms with van der Waals surface area (Å²) in [6.45, 7) is 1.45. The van der Waals surface area contributed by atoms with E-state index in [0.29, 0.717) is 17.7 Å². The van der Waals surface area contributed by atoms with Gasteiger partial charge < -0.3 is 9.84 Å². The Balaban J connectivity index is 2.25. The summed E-state index contributed by atoms with van der Waals surface area (Å²) >= 11 is 0. The lowest BCUT2D eigenvalue weighted by Gasteiger charge is -2.15. The number of rotatable bonds is 6. The van der Waals surface area contributed by atoms with E-state index >= 15 is 0 Å². The standard InChI is InChI=1S/C15H16FNO3/c1-2-3-12(9-16)20-11-5-7-13-10(8-11)4-6-14(17-13)15(18)19/h4-8,12H,2-3,9H2,1H3,(H,18,19). The van der Waals surface area contributed by atoms with Gasteiger partial charge in [0.25, 0.3) is 0 Å². The van der Waals surface area contributed by atoms with Crippen molar-refractivity contribution in [2.24, 2.45) is 0 Å². The molecule has 0 saturated heterocycles. The molecule has 1 aromatic heterocycles. The third-order valence-corrected chi connectivity index (χ3v) is 2.97. The van der Waals surface area contributed by atoms with Crippen molar-refractivity contribution in [1.82, 2.24) is 4.98 Å². The van der Waals surface area contributed by atoms with Crippen LogP contribution in [0.15, 0.2) is 30.3 Å². The number of ether oxygens (including phenoxy) is 1. The molecule has 106 valence electrons. The topological polar surface area (TPSA) is 59.4 Å². The number of nitrogens with zero attached hydrogens (tertiary/aromatic N) is 1. The van der Waals surface area contributed by atoms with Crippen molar-refractivity contribution in [3.8, 4) is 5.75 Å². The molecule has 0 spiro atoms. The van der Waals surface area contributed by atoms with Crippen molar-refractivity contribution in [3.05, 3.63) is 36.0 Å². The fourth-order valence-electron chi connectivity index (χ4n) is 1.98. The second kappa shape index (κ2) is 6.32. The summed E-state index contributed by atoms with van der Waals surface area (Å²) in [6.07, 6.45) is 1.07. The van der Waals surface area contributed by atoms with Crippen LogP contribution in [0, 0.1) is 0 Å². The number of hydrogen-bond acceptors (Lipinski definition) is 3. The highest BCUT2D eigenvalue weighted by Crippen LogP contribution is 2.22. The molecule has 0 fully saturated rings. The average molecular weight is 277 g/mol. The normalized spacial score (nSPS) is 12.3. The number of pyridine rings is 1. The molecule has 0 aliphatic rings. The maximum atomic E-state index is 12.8. The van der Waals surface area contributed by atoms with Crippen LogP contribution >= 0.6 is 0 Å². The second-order valence-electron chi connectivity index (χ2n) is 4.54. The van der Waals surface area contributed by atoms with E-state index in [9.17, 15) is 9.18 Å². The van der Waals surface area contributed by atoms with Gasteiger partial charge in [0, 0.05) is 5.39 Å². The molecule has 1 N–H and O–H groups in total. The van der Waals surface area contributed by atoms with Gasteiger partial charge in [-0.15, -0.1) is 0 Å². The first-order chi connectivity index (χ1) is 9.63. The van der Waals surface area contributed by atoms with Gasteiger partial charge in [0.2, 0.25) is 0 Å². The summed E-state index contributed by atoms with van der Waals surface area (Å²) in [5, 5.41) is 9.65. The van der Waals surface area contributed by atoms with Crippen molar-refractivity contribution in [3.63, 3.8) is 0 Å². The Morgan fingerprint density at radius 2 is 2.20 bits per heavy atom. The first kappa shape index (κ1) is 14.2. The molecule has 0 amide bonds. The number of alkyl halides is 1. The zero-order chi connectivity index (χ0) is 14.5. The lowest BCUT2D eigenvalue weighted by molar-refractivity contribution is 0.0691. The molecule has 5 heteroatoms. The van der Waals surface area contributed by atoms with Crippen LogP contribution in [0.25, 0.3) is 10.9 Å². The van der Waals surface area contributed by atoms with Crippen molar-refractivity contribution < 1.29 is 19.0 Å². The molecule has 1 atom stereocenters. The van der Waals surface area contributed by atoms with Gasteiger partial charge in [-0.25, -0.2) is 14.2 Å². The minimum atomic E-state index is -1.06. The molecule has 4 nitrogen and oxygen atoms in total. The third kappa shape index (κ3) is 3.23. The highest BCUT2D eigenvalue weighted by atomic mass is 19.1. The molecule has 0 aliphatic heterocycles. The van der Waals surface area contributed by atoms with Gasteiger partial charge >= 0.3 is 5.97 Å². The number of aromatic carboxylic acids is 1. The summed E-state index contributed by atoms with van der Waals surface area (Å²) in [5.74, 6) is -0.494. The van der Waals surface area contributed by atoms with E-state index in [4.69, 9.17) is 9.84 Å². The Morgan fingerprint density at radius 1 is 1.40 bits per heavy atom. The van der Waals surface area contributed by atoms with E-state index in [1.807, 2.05) is 6.92 Å². The first-order valence-electron chi connectivity index (χ1n) is 6.50. The molecule has 1 aromatic carbocycles. The number of halogens is 1. The van der Waals surface area contributed by atoms with Gasteiger partial charge in [-0.05, 0) is 30.7 Å². The molecule has 20 heavy (non-hydrogen) atoms. The zero-order valence-electron chi connectivity index (χ0n) is 11.2. The Labute approximate surface area is 116 Å². The minimum Gasteiger partial charge on any atom is -0.488 e. The summed E-state index contributed by atoms with van der Waals surface area (Å²) in [6, 6.07) is 8.21. The fourth-order valence-corrected chi connectivity index (χ4v) is 1.98. The summed E-state index contributed by atoms with van der Waals surface area (Å²) in [7, 11) is 0. The predicted octanol–water partition coefficient (Wildman–Crippen LogP) is 3.45. The molecule has 1 unspecified atom stereocenters. The van der Waals surface area contributed by atoms with Gasteiger partial charge in [-0.2, -0.15) is 0 Å². The lowest BCUT2D eigenvalue weighted by atomic mass is 10.2.